The minimum atomic E-state index is -0.169. The highest BCUT2D eigenvalue weighted by molar-refractivity contribution is 5.97. The van der Waals surface area contributed by atoms with Gasteiger partial charge in [0.15, 0.2) is 0 Å². The molecule has 110 valence electrons. The minimum absolute atomic E-state index is 0.169. The number of hydrogen-bond donors (Lipinski definition) is 2. The van der Waals surface area contributed by atoms with Crippen LogP contribution in [0.1, 0.15) is 28.4 Å². The van der Waals surface area contributed by atoms with Gasteiger partial charge in [0, 0.05) is 18.3 Å². The van der Waals surface area contributed by atoms with Gasteiger partial charge in [-0.05, 0) is 44.5 Å². The van der Waals surface area contributed by atoms with E-state index >= 15 is 0 Å². The first-order valence-corrected chi connectivity index (χ1v) is 6.94. The van der Waals surface area contributed by atoms with Crippen molar-refractivity contribution in [3.8, 4) is 11.5 Å². The number of carbonyl (C=O) groups excluding carboxylic acids is 1. The molecular weight excluding hydrogens is 264 g/mol. The first kappa shape index (κ1) is 14.9. The number of amides is 1. The van der Waals surface area contributed by atoms with Gasteiger partial charge in [-0.15, -0.1) is 0 Å². The number of nitrogens with one attached hydrogen (secondary N) is 1. The lowest BCUT2D eigenvalue weighted by Crippen LogP contribution is -2.23. The Morgan fingerprint density at radius 1 is 1.14 bits per heavy atom. The zero-order valence-corrected chi connectivity index (χ0v) is 12.6. The van der Waals surface area contributed by atoms with Crippen molar-refractivity contribution in [3.05, 3.63) is 53.1 Å². The highest BCUT2D eigenvalue weighted by atomic mass is 16.5. The normalized spacial score (nSPS) is 10.2. The van der Waals surface area contributed by atoms with E-state index in [1.807, 2.05) is 39.0 Å². The molecule has 0 aliphatic rings. The van der Waals surface area contributed by atoms with Gasteiger partial charge >= 0.3 is 0 Å². The first-order chi connectivity index (χ1) is 10.0. The fourth-order valence-electron chi connectivity index (χ4n) is 2.10. The Labute approximate surface area is 124 Å². The lowest BCUT2D eigenvalue weighted by molar-refractivity contribution is 0.0953. The van der Waals surface area contributed by atoms with Crippen molar-refractivity contribution < 1.29 is 9.53 Å². The molecule has 0 bridgehead atoms. The topological polar surface area (TPSA) is 64.4 Å². The van der Waals surface area contributed by atoms with Crippen molar-refractivity contribution in [2.75, 3.05) is 12.3 Å². The Balaban J connectivity index is 2.38. The Morgan fingerprint density at radius 3 is 2.57 bits per heavy atom. The zero-order valence-electron chi connectivity index (χ0n) is 12.6. The zero-order chi connectivity index (χ0) is 15.4. The number of carbonyl (C=O) groups is 1. The molecule has 2 aromatic rings. The fourth-order valence-corrected chi connectivity index (χ4v) is 2.10. The molecule has 0 atom stereocenters. The fraction of sp³-hybridized carbons (Fsp3) is 0.235. The van der Waals surface area contributed by atoms with Crippen molar-refractivity contribution in [2.45, 2.75) is 20.8 Å². The second-order valence-electron chi connectivity index (χ2n) is 4.99. The van der Waals surface area contributed by atoms with E-state index in [2.05, 4.69) is 5.32 Å². The first-order valence-electron chi connectivity index (χ1n) is 6.94. The van der Waals surface area contributed by atoms with Gasteiger partial charge < -0.3 is 15.8 Å². The van der Waals surface area contributed by atoms with Gasteiger partial charge in [-0.2, -0.15) is 0 Å². The van der Waals surface area contributed by atoms with Crippen LogP contribution in [0.15, 0.2) is 36.4 Å². The summed E-state index contributed by atoms with van der Waals surface area (Å²) in [5, 5.41) is 2.77. The number of nitrogens with two attached hydrogens (primary N) is 1. The highest BCUT2D eigenvalue weighted by Crippen LogP contribution is 2.30. The number of hydrogen-bond acceptors (Lipinski definition) is 3. The van der Waals surface area contributed by atoms with E-state index < -0.39 is 0 Å². The molecule has 2 rings (SSSR count). The van der Waals surface area contributed by atoms with Crippen molar-refractivity contribution >= 4 is 11.6 Å². The number of aryl methyl sites for hydroxylation is 2. The molecule has 0 aliphatic heterocycles. The van der Waals surface area contributed by atoms with Crippen LogP contribution in [-0.4, -0.2) is 12.5 Å². The maximum absolute atomic E-state index is 12.1. The summed E-state index contributed by atoms with van der Waals surface area (Å²) in [5.74, 6) is 1.02. The number of nitrogen functional groups attached to an aromatic ring is 1. The summed E-state index contributed by atoms with van der Waals surface area (Å²) in [6.45, 7) is 6.43. The standard InChI is InChI=1S/C17H20N2O2/c1-4-19-17(20)14-7-6-13(18)10-16(14)21-15-8-5-11(2)9-12(15)3/h5-10H,4,18H2,1-3H3,(H,19,20). The molecule has 0 aliphatic carbocycles. The predicted molar refractivity (Wildman–Crippen MR) is 84.9 cm³/mol. The number of benzene rings is 2. The number of rotatable bonds is 4. The van der Waals surface area contributed by atoms with Crippen LogP contribution in [0.4, 0.5) is 5.69 Å². The Kier molecular flexibility index (Phi) is 4.48. The lowest BCUT2D eigenvalue weighted by Gasteiger charge is -2.13. The van der Waals surface area contributed by atoms with Crippen molar-refractivity contribution in [3.63, 3.8) is 0 Å². The van der Waals surface area contributed by atoms with Crippen LogP contribution in [0, 0.1) is 13.8 Å². The average Bonchev–Trinajstić information content (AvgIpc) is 2.42. The highest BCUT2D eigenvalue weighted by Gasteiger charge is 2.14. The van der Waals surface area contributed by atoms with E-state index in [0.717, 1.165) is 16.9 Å². The molecule has 0 saturated carbocycles. The summed E-state index contributed by atoms with van der Waals surface area (Å²) in [6, 6.07) is 11.0. The third-order valence-electron chi connectivity index (χ3n) is 3.14. The monoisotopic (exact) mass is 284 g/mol. The predicted octanol–water partition coefficient (Wildman–Crippen LogP) is 3.43. The molecule has 0 spiro atoms. The molecule has 2 aromatic carbocycles. The SMILES string of the molecule is CCNC(=O)c1ccc(N)cc1Oc1ccc(C)cc1C. The van der Waals surface area contributed by atoms with Gasteiger partial charge in [0.25, 0.3) is 5.91 Å². The molecule has 4 heteroatoms. The largest absolute Gasteiger partial charge is 0.456 e. The van der Waals surface area contributed by atoms with Crippen LogP contribution in [-0.2, 0) is 0 Å². The van der Waals surface area contributed by atoms with Crippen LogP contribution in [0.5, 0.6) is 11.5 Å². The van der Waals surface area contributed by atoms with Crippen LogP contribution in [0.2, 0.25) is 0 Å². The molecule has 0 saturated heterocycles. The van der Waals surface area contributed by atoms with E-state index in [0.29, 0.717) is 23.5 Å². The summed E-state index contributed by atoms with van der Waals surface area (Å²) >= 11 is 0. The summed E-state index contributed by atoms with van der Waals surface area (Å²) < 4.78 is 5.90. The van der Waals surface area contributed by atoms with Gasteiger partial charge in [0.05, 0.1) is 5.56 Å². The van der Waals surface area contributed by atoms with Gasteiger partial charge in [0.2, 0.25) is 0 Å². The Bertz CT molecular complexity index is 666. The molecule has 0 heterocycles. The molecule has 4 nitrogen and oxygen atoms in total. The van der Waals surface area contributed by atoms with E-state index in [1.54, 1.807) is 18.2 Å². The molecule has 0 fully saturated rings. The van der Waals surface area contributed by atoms with Crippen LogP contribution < -0.4 is 15.8 Å². The molecule has 21 heavy (non-hydrogen) atoms. The van der Waals surface area contributed by atoms with Crippen molar-refractivity contribution in [2.24, 2.45) is 0 Å². The smallest absolute Gasteiger partial charge is 0.255 e. The van der Waals surface area contributed by atoms with E-state index in [9.17, 15) is 4.79 Å². The average molecular weight is 284 g/mol. The molecule has 1 amide bonds. The van der Waals surface area contributed by atoms with Crippen LogP contribution in [0.3, 0.4) is 0 Å². The van der Waals surface area contributed by atoms with Crippen molar-refractivity contribution in [1.82, 2.24) is 5.32 Å². The maximum atomic E-state index is 12.1. The molecule has 0 radical (unpaired) electrons. The Morgan fingerprint density at radius 2 is 1.90 bits per heavy atom. The molecule has 0 aromatic heterocycles. The quantitative estimate of drug-likeness (QED) is 0.845. The summed E-state index contributed by atoms with van der Waals surface area (Å²) in [4.78, 5) is 12.1. The summed E-state index contributed by atoms with van der Waals surface area (Å²) in [6.07, 6.45) is 0. The molecular formula is C17H20N2O2. The number of anilines is 1. The number of ether oxygens (including phenoxy) is 1. The van der Waals surface area contributed by atoms with Gasteiger partial charge in [0.1, 0.15) is 11.5 Å². The van der Waals surface area contributed by atoms with Gasteiger partial charge in [-0.3, -0.25) is 4.79 Å². The Hall–Kier alpha value is -2.49. The van der Waals surface area contributed by atoms with Crippen molar-refractivity contribution in [1.29, 1.82) is 0 Å². The summed E-state index contributed by atoms with van der Waals surface area (Å²) in [5.41, 5.74) is 9.02. The van der Waals surface area contributed by atoms with E-state index in [-0.39, 0.29) is 5.91 Å². The van der Waals surface area contributed by atoms with Crippen LogP contribution in [0.25, 0.3) is 0 Å². The summed E-state index contributed by atoms with van der Waals surface area (Å²) in [7, 11) is 0. The maximum Gasteiger partial charge on any atom is 0.255 e. The van der Waals surface area contributed by atoms with Gasteiger partial charge in [-0.25, -0.2) is 0 Å². The molecule has 0 unspecified atom stereocenters. The second-order valence-corrected chi connectivity index (χ2v) is 4.99. The molecule has 3 N–H and O–H groups in total. The minimum Gasteiger partial charge on any atom is -0.456 e. The third kappa shape index (κ3) is 3.54. The second kappa shape index (κ2) is 6.31. The third-order valence-corrected chi connectivity index (χ3v) is 3.14. The van der Waals surface area contributed by atoms with E-state index in [1.165, 1.54) is 0 Å². The van der Waals surface area contributed by atoms with Crippen LogP contribution >= 0.6 is 0 Å². The van der Waals surface area contributed by atoms with Gasteiger partial charge in [-0.1, -0.05) is 17.7 Å². The lowest BCUT2D eigenvalue weighted by atomic mass is 10.1. The van der Waals surface area contributed by atoms with E-state index in [4.69, 9.17) is 10.5 Å².